The quantitative estimate of drug-likeness (QED) is 0.497. The molecule has 0 radical (unpaired) electrons. The minimum absolute atomic E-state index is 0.376. The first-order chi connectivity index (χ1) is 15.7. The topological polar surface area (TPSA) is 76.8 Å². The van der Waals surface area contributed by atoms with Crippen molar-refractivity contribution in [2.75, 3.05) is 37.5 Å². The molecule has 0 saturated carbocycles. The molecule has 1 aliphatic heterocycles. The van der Waals surface area contributed by atoms with E-state index in [4.69, 9.17) is 14.6 Å². The van der Waals surface area contributed by atoms with Crippen molar-refractivity contribution >= 4 is 17.2 Å². The molecule has 1 saturated heterocycles. The molecule has 2 aromatic heterocycles. The average molecular weight is 431 g/mol. The lowest BCUT2D eigenvalue weighted by Crippen LogP contribution is -2.39. The summed E-state index contributed by atoms with van der Waals surface area (Å²) in [7, 11) is 3.33. The Morgan fingerprint density at radius 1 is 0.875 bits per heavy atom. The number of nitrogens with zero attached hydrogens (tertiary/aromatic N) is 5. The minimum Gasteiger partial charge on any atom is -0.497 e. The van der Waals surface area contributed by atoms with Crippen LogP contribution in [-0.4, -0.2) is 53.2 Å². The summed E-state index contributed by atoms with van der Waals surface area (Å²) in [4.78, 5) is 2.32. The summed E-state index contributed by atoms with van der Waals surface area (Å²) in [6.45, 7) is 1.83. The molecule has 0 aliphatic carbocycles. The van der Waals surface area contributed by atoms with Gasteiger partial charge >= 0.3 is 0 Å². The molecule has 5 rings (SSSR count). The second-order valence-electron chi connectivity index (χ2n) is 7.86. The van der Waals surface area contributed by atoms with Crippen LogP contribution in [0.2, 0.25) is 0 Å². The monoisotopic (exact) mass is 430 g/mol. The van der Waals surface area contributed by atoms with E-state index in [1.165, 1.54) is 0 Å². The number of anilines is 2. The fourth-order valence-electron chi connectivity index (χ4n) is 4.09. The van der Waals surface area contributed by atoms with Crippen LogP contribution in [0.4, 0.5) is 11.5 Å². The summed E-state index contributed by atoms with van der Waals surface area (Å²) in [5, 5.41) is 17.1. The van der Waals surface area contributed by atoms with Crippen molar-refractivity contribution in [2.45, 2.75) is 18.9 Å². The van der Waals surface area contributed by atoms with Crippen LogP contribution in [0, 0.1) is 0 Å². The standard InChI is InChI=1S/C24H26N6O2/c1-31-20-14-19(15-21(16-20)32-2)25-18-10-12-29(13-11-18)23-9-8-22-26-27-24(30(22)28-23)17-6-4-3-5-7-17/h3-9,14-16,18,25H,10-13H2,1-2H3. The molecule has 0 bridgehead atoms. The molecule has 3 heterocycles. The van der Waals surface area contributed by atoms with Crippen molar-refractivity contribution in [3.63, 3.8) is 0 Å². The van der Waals surface area contributed by atoms with Crippen LogP contribution in [-0.2, 0) is 0 Å². The van der Waals surface area contributed by atoms with Crippen molar-refractivity contribution in [3.05, 3.63) is 60.7 Å². The molecule has 4 aromatic rings. The SMILES string of the molecule is COc1cc(NC2CCN(c3ccc4nnc(-c5ccccc5)n4n3)CC2)cc(OC)c1. The van der Waals surface area contributed by atoms with Gasteiger partial charge in [0.25, 0.3) is 0 Å². The number of rotatable bonds is 6. The Hall–Kier alpha value is -3.81. The van der Waals surface area contributed by atoms with Crippen LogP contribution in [0.1, 0.15) is 12.8 Å². The Kier molecular flexibility index (Phi) is 5.49. The Balaban J connectivity index is 1.29. The van der Waals surface area contributed by atoms with Crippen LogP contribution < -0.4 is 19.7 Å². The Bertz CT molecular complexity index is 1180. The van der Waals surface area contributed by atoms with Gasteiger partial charge in [-0.05, 0) is 25.0 Å². The number of benzene rings is 2. The van der Waals surface area contributed by atoms with E-state index < -0.39 is 0 Å². The highest BCUT2D eigenvalue weighted by atomic mass is 16.5. The summed E-state index contributed by atoms with van der Waals surface area (Å²) in [6, 6.07) is 20.3. The number of ether oxygens (including phenoxy) is 2. The number of hydrogen-bond donors (Lipinski definition) is 1. The first-order valence-corrected chi connectivity index (χ1v) is 10.8. The molecule has 2 aromatic carbocycles. The summed E-state index contributed by atoms with van der Waals surface area (Å²) >= 11 is 0. The average Bonchev–Trinajstić information content (AvgIpc) is 3.28. The molecule has 1 N–H and O–H groups in total. The number of piperidine rings is 1. The first kappa shape index (κ1) is 20.1. The highest BCUT2D eigenvalue weighted by molar-refractivity contribution is 5.59. The molecular formula is C24H26N6O2. The van der Waals surface area contributed by atoms with Gasteiger partial charge in [-0.25, -0.2) is 0 Å². The molecule has 164 valence electrons. The molecule has 1 fully saturated rings. The van der Waals surface area contributed by atoms with E-state index in [2.05, 4.69) is 20.4 Å². The third-order valence-electron chi connectivity index (χ3n) is 5.82. The van der Waals surface area contributed by atoms with E-state index in [0.29, 0.717) is 6.04 Å². The van der Waals surface area contributed by atoms with Crippen molar-refractivity contribution in [2.24, 2.45) is 0 Å². The van der Waals surface area contributed by atoms with Crippen molar-refractivity contribution in [3.8, 4) is 22.9 Å². The molecule has 1 aliphatic rings. The lowest BCUT2D eigenvalue weighted by Gasteiger charge is -2.33. The predicted molar refractivity (Wildman–Crippen MR) is 125 cm³/mol. The number of nitrogens with one attached hydrogen (secondary N) is 1. The van der Waals surface area contributed by atoms with Gasteiger partial charge in [-0.15, -0.1) is 15.3 Å². The van der Waals surface area contributed by atoms with Crippen LogP contribution in [0.3, 0.4) is 0 Å². The lowest BCUT2D eigenvalue weighted by molar-refractivity contribution is 0.394. The Morgan fingerprint density at radius 2 is 1.59 bits per heavy atom. The van der Waals surface area contributed by atoms with Gasteiger partial charge in [-0.1, -0.05) is 30.3 Å². The van der Waals surface area contributed by atoms with Crippen LogP contribution >= 0.6 is 0 Å². The van der Waals surface area contributed by atoms with E-state index in [-0.39, 0.29) is 0 Å². The maximum atomic E-state index is 5.38. The highest BCUT2D eigenvalue weighted by Crippen LogP contribution is 2.28. The highest BCUT2D eigenvalue weighted by Gasteiger charge is 2.21. The van der Waals surface area contributed by atoms with E-state index in [1.807, 2.05) is 65.2 Å². The molecule has 0 spiro atoms. The predicted octanol–water partition coefficient (Wildman–Crippen LogP) is 3.89. The molecule has 0 atom stereocenters. The van der Waals surface area contributed by atoms with E-state index in [0.717, 1.165) is 66.0 Å². The molecule has 8 heteroatoms. The summed E-state index contributed by atoms with van der Waals surface area (Å²) in [6.07, 6.45) is 2.01. The summed E-state index contributed by atoms with van der Waals surface area (Å²) in [5.41, 5.74) is 2.76. The summed E-state index contributed by atoms with van der Waals surface area (Å²) < 4.78 is 12.6. The van der Waals surface area contributed by atoms with Crippen LogP contribution in [0.5, 0.6) is 11.5 Å². The fraction of sp³-hybridized carbons (Fsp3) is 0.292. The van der Waals surface area contributed by atoms with Gasteiger partial charge in [0.15, 0.2) is 11.5 Å². The number of methoxy groups -OCH3 is 2. The van der Waals surface area contributed by atoms with Gasteiger partial charge in [0, 0.05) is 48.6 Å². The van der Waals surface area contributed by atoms with E-state index in [1.54, 1.807) is 14.2 Å². The minimum atomic E-state index is 0.376. The van der Waals surface area contributed by atoms with Gasteiger partial charge in [-0.3, -0.25) is 0 Å². The van der Waals surface area contributed by atoms with Crippen molar-refractivity contribution in [1.29, 1.82) is 0 Å². The maximum Gasteiger partial charge on any atom is 0.185 e. The van der Waals surface area contributed by atoms with Crippen LogP contribution in [0.25, 0.3) is 17.0 Å². The molecule has 0 amide bonds. The van der Waals surface area contributed by atoms with Crippen molar-refractivity contribution < 1.29 is 9.47 Å². The van der Waals surface area contributed by atoms with Crippen LogP contribution in [0.15, 0.2) is 60.7 Å². The van der Waals surface area contributed by atoms with Gasteiger partial charge in [0.1, 0.15) is 17.3 Å². The lowest BCUT2D eigenvalue weighted by atomic mass is 10.0. The third kappa shape index (κ3) is 4.03. The zero-order valence-electron chi connectivity index (χ0n) is 18.2. The second kappa shape index (κ2) is 8.74. The second-order valence-corrected chi connectivity index (χ2v) is 7.86. The maximum absolute atomic E-state index is 5.38. The molecule has 8 nitrogen and oxygen atoms in total. The number of hydrogen-bond acceptors (Lipinski definition) is 7. The zero-order valence-corrected chi connectivity index (χ0v) is 18.2. The van der Waals surface area contributed by atoms with Gasteiger partial charge < -0.3 is 19.7 Å². The molecule has 32 heavy (non-hydrogen) atoms. The number of fused-ring (bicyclic) bond motifs is 1. The van der Waals surface area contributed by atoms with E-state index >= 15 is 0 Å². The fourth-order valence-corrected chi connectivity index (χ4v) is 4.09. The van der Waals surface area contributed by atoms with Gasteiger partial charge in [0.05, 0.1) is 14.2 Å². The van der Waals surface area contributed by atoms with Gasteiger partial charge in [0.2, 0.25) is 0 Å². The Labute approximate surface area is 186 Å². The molecular weight excluding hydrogens is 404 g/mol. The molecule has 0 unspecified atom stereocenters. The van der Waals surface area contributed by atoms with Gasteiger partial charge in [-0.2, -0.15) is 4.52 Å². The first-order valence-electron chi connectivity index (χ1n) is 10.8. The largest absolute Gasteiger partial charge is 0.497 e. The zero-order chi connectivity index (χ0) is 21.9. The normalized spacial score (nSPS) is 14.5. The summed E-state index contributed by atoms with van der Waals surface area (Å²) in [5.74, 6) is 3.26. The third-order valence-corrected chi connectivity index (χ3v) is 5.82. The smallest absolute Gasteiger partial charge is 0.185 e. The number of aromatic nitrogens is 4. The Morgan fingerprint density at radius 3 is 2.28 bits per heavy atom. The van der Waals surface area contributed by atoms with Crippen molar-refractivity contribution in [1.82, 2.24) is 19.8 Å². The van der Waals surface area contributed by atoms with E-state index in [9.17, 15) is 0 Å².